The van der Waals surface area contributed by atoms with Gasteiger partial charge in [0.15, 0.2) is 0 Å². The second-order valence-corrected chi connectivity index (χ2v) is 5.46. The Labute approximate surface area is 117 Å². The van der Waals surface area contributed by atoms with Gasteiger partial charge in [-0.3, -0.25) is 9.78 Å². The third-order valence-corrected chi connectivity index (χ3v) is 3.76. The number of aromatic nitrogens is 1. The van der Waals surface area contributed by atoms with Crippen LogP contribution in [0.5, 0.6) is 0 Å². The number of rotatable bonds is 3. The number of pyridine rings is 1. The van der Waals surface area contributed by atoms with Gasteiger partial charge in [0.2, 0.25) is 0 Å². The van der Waals surface area contributed by atoms with Crippen molar-refractivity contribution >= 4 is 22.9 Å². The minimum atomic E-state index is -0.141. The molecule has 0 saturated carbocycles. The summed E-state index contributed by atoms with van der Waals surface area (Å²) in [6.07, 6.45) is 5.29. The van der Waals surface area contributed by atoms with Gasteiger partial charge in [0.05, 0.1) is 11.4 Å². The summed E-state index contributed by atoms with van der Waals surface area (Å²) in [7, 11) is 0. The molecule has 19 heavy (non-hydrogen) atoms. The Bertz CT molecular complexity index is 443. The first-order valence-electron chi connectivity index (χ1n) is 6.44. The Balaban J connectivity index is 1.82. The van der Waals surface area contributed by atoms with E-state index in [1.807, 2.05) is 25.1 Å². The number of carbonyl (C=O) groups excluding carboxylic acids is 1. The van der Waals surface area contributed by atoms with Gasteiger partial charge in [-0.05, 0) is 31.9 Å². The molecule has 2 rings (SSSR count). The lowest BCUT2D eigenvalue weighted by atomic mass is 10.2. The first kappa shape index (κ1) is 14.0. The number of hydrazone groups is 1. The molecule has 0 atom stereocenters. The topological polar surface area (TPSA) is 57.6 Å². The molecular weight excluding hydrogens is 260 g/mol. The van der Waals surface area contributed by atoms with Crippen LogP contribution in [0.15, 0.2) is 29.5 Å². The molecule has 1 aliphatic heterocycles. The highest BCUT2D eigenvalue weighted by molar-refractivity contribution is 8.11. The Morgan fingerprint density at radius 1 is 1.37 bits per heavy atom. The van der Waals surface area contributed by atoms with Crippen LogP contribution in [-0.4, -0.2) is 33.3 Å². The zero-order chi connectivity index (χ0) is 13.5. The number of hydrogen-bond acceptors (Lipinski definition) is 5. The number of piperidine rings is 1. The molecule has 0 bridgehead atoms. The zero-order valence-electron chi connectivity index (χ0n) is 11.0. The molecule has 2 heterocycles. The smallest absolute Gasteiger partial charge is 0.259 e. The number of nitrogens with one attached hydrogen (secondary N) is 1. The van der Waals surface area contributed by atoms with E-state index in [2.05, 4.69) is 19.8 Å². The van der Waals surface area contributed by atoms with Crippen molar-refractivity contribution in [1.82, 2.24) is 14.7 Å². The molecule has 0 spiro atoms. The van der Waals surface area contributed by atoms with Crippen molar-refractivity contribution in [2.75, 3.05) is 13.1 Å². The van der Waals surface area contributed by atoms with Crippen LogP contribution in [0.25, 0.3) is 0 Å². The second-order valence-electron chi connectivity index (χ2n) is 4.39. The lowest BCUT2D eigenvalue weighted by Crippen LogP contribution is -2.27. The fourth-order valence-electron chi connectivity index (χ4n) is 1.86. The van der Waals surface area contributed by atoms with Crippen molar-refractivity contribution in [3.8, 4) is 0 Å². The van der Waals surface area contributed by atoms with Gasteiger partial charge in [-0.2, -0.15) is 5.10 Å². The Morgan fingerprint density at radius 2 is 2.16 bits per heavy atom. The Morgan fingerprint density at radius 3 is 2.84 bits per heavy atom. The van der Waals surface area contributed by atoms with Crippen molar-refractivity contribution in [2.24, 2.45) is 5.10 Å². The van der Waals surface area contributed by atoms with Crippen LogP contribution in [0.3, 0.4) is 0 Å². The Hall–Kier alpha value is -1.40. The molecule has 0 aliphatic carbocycles. The van der Waals surface area contributed by atoms with Crippen molar-refractivity contribution in [3.05, 3.63) is 30.1 Å². The molecule has 1 amide bonds. The van der Waals surface area contributed by atoms with Gasteiger partial charge in [0.25, 0.3) is 0 Å². The van der Waals surface area contributed by atoms with Crippen LogP contribution in [0.2, 0.25) is 0 Å². The maximum Gasteiger partial charge on any atom is 0.314 e. The highest BCUT2D eigenvalue weighted by atomic mass is 32.2. The van der Waals surface area contributed by atoms with Gasteiger partial charge in [-0.25, -0.2) is 9.73 Å². The normalized spacial score (nSPS) is 17.2. The molecule has 0 radical (unpaired) electrons. The van der Waals surface area contributed by atoms with E-state index >= 15 is 0 Å². The molecule has 0 unspecified atom stereocenters. The molecule has 0 aromatic carbocycles. The van der Waals surface area contributed by atoms with Crippen LogP contribution >= 0.6 is 11.9 Å². The van der Waals surface area contributed by atoms with Crippen LogP contribution < -0.4 is 5.43 Å². The third-order valence-electron chi connectivity index (χ3n) is 2.88. The fraction of sp³-hybridized carbons (Fsp3) is 0.462. The summed E-state index contributed by atoms with van der Waals surface area (Å²) in [5, 5.41) is 3.93. The summed E-state index contributed by atoms with van der Waals surface area (Å²) >= 11 is 1.21. The van der Waals surface area contributed by atoms with E-state index in [-0.39, 0.29) is 5.24 Å². The zero-order valence-corrected chi connectivity index (χ0v) is 11.8. The molecular formula is C13H18N4OS. The van der Waals surface area contributed by atoms with E-state index in [0.29, 0.717) is 5.71 Å². The standard InChI is InChI=1S/C13H18N4OS/c1-11(12-7-3-4-8-14-12)15-16-13(18)19-17-9-5-2-6-10-17/h3-4,7-8H,2,5-6,9-10H2,1H3,(H,16,18)/b15-11+. The van der Waals surface area contributed by atoms with Gasteiger partial charge in [-0.1, -0.05) is 12.5 Å². The first-order chi connectivity index (χ1) is 9.25. The van der Waals surface area contributed by atoms with Crippen molar-refractivity contribution in [3.63, 3.8) is 0 Å². The van der Waals surface area contributed by atoms with Gasteiger partial charge in [0, 0.05) is 31.2 Å². The average molecular weight is 278 g/mol. The van der Waals surface area contributed by atoms with Gasteiger partial charge in [0.1, 0.15) is 0 Å². The van der Waals surface area contributed by atoms with Gasteiger partial charge < -0.3 is 0 Å². The summed E-state index contributed by atoms with van der Waals surface area (Å²) < 4.78 is 2.09. The molecule has 5 nitrogen and oxygen atoms in total. The maximum atomic E-state index is 11.7. The second kappa shape index (κ2) is 7.25. The largest absolute Gasteiger partial charge is 0.314 e. The van der Waals surface area contributed by atoms with Crippen LogP contribution in [-0.2, 0) is 0 Å². The maximum absolute atomic E-state index is 11.7. The Kier molecular flexibility index (Phi) is 5.35. The lowest BCUT2D eigenvalue weighted by molar-refractivity contribution is 0.259. The highest BCUT2D eigenvalue weighted by Crippen LogP contribution is 2.18. The molecule has 1 aromatic heterocycles. The summed E-state index contributed by atoms with van der Waals surface area (Å²) in [5.74, 6) is 0. The van der Waals surface area contributed by atoms with E-state index in [9.17, 15) is 4.79 Å². The minimum Gasteiger partial charge on any atom is -0.259 e. The predicted octanol–water partition coefficient (Wildman–Crippen LogP) is 2.65. The molecule has 1 N–H and O–H groups in total. The fourth-order valence-corrected chi connectivity index (χ4v) is 2.62. The first-order valence-corrected chi connectivity index (χ1v) is 7.21. The molecule has 1 aliphatic rings. The van der Waals surface area contributed by atoms with Crippen molar-refractivity contribution < 1.29 is 4.79 Å². The molecule has 1 aromatic rings. The van der Waals surface area contributed by atoms with E-state index < -0.39 is 0 Å². The van der Waals surface area contributed by atoms with Gasteiger partial charge >= 0.3 is 5.24 Å². The number of amides is 1. The number of nitrogens with zero attached hydrogens (tertiary/aromatic N) is 3. The molecule has 102 valence electrons. The SMILES string of the molecule is C/C(=N\NC(=O)SN1CCCCC1)c1ccccn1. The lowest BCUT2D eigenvalue weighted by Gasteiger charge is -2.23. The summed E-state index contributed by atoms with van der Waals surface area (Å²) in [6.45, 7) is 3.77. The summed E-state index contributed by atoms with van der Waals surface area (Å²) in [6, 6.07) is 5.61. The van der Waals surface area contributed by atoms with Crippen LogP contribution in [0, 0.1) is 0 Å². The quantitative estimate of drug-likeness (QED) is 0.524. The third kappa shape index (κ3) is 4.65. The summed E-state index contributed by atoms with van der Waals surface area (Å²) in [4.78, 5) is 15.9. The number of hydrogen-bond donors (Lipinski definition) is 1. The highest BCUT2D eigenvalue weighted by Gasteiger charge is 2.14. The minimum absolute atomic E-state index is 0.141. The van der Waals surface area contributed by atoms with Crippen LogP contribution in [0.4, 0.5) is 4.79 Å². The molecule has 6 heteroatoms. The average Bonchev–Trinajstić information content (AvgIpc) is 2.47. The number of carbonyl (C=O) groups is 1. The van der Waals surface area contributed by atoms with Gasteiger partial charge in [-0.15, -0.1) is 0 Å². The summed E-state index contributed by atoms with van der Waals surface area (Å²) in [5.41, 5.74) is 4.03. The van der Waals surface area contributed by atoms with Crippen molar-refractivity contribution in [1.29, 1.82) is 0 Å². The predicted molar refractivity (Wildman–Crippen MR) is 78.0 cm³/mol. The van der Waals surface area contributed by atoms with E-state index in [4.69, 9.17) is 0 Å². The monoisotopic (exact) mass is 278 g/mol. The van der Waals surface area contributed by atoms with Crippen molar-refractivity contribution in [2.45, 2.75) is 26.2 Å². The van der Waals surface area contributed by atoms with Crippen LogP contribution in [0.1, 0.15) is 31.9 Å². The molecule has 1 saturated heterocycles. The van der Waals surface area contributed by atoms with E-state index in [1.54, 1.807) is 6.20 Å². The molecule has 1 fully saturated rings. The van der Waals surface area contributed by atoms with E-state index in [1.165, 1.54) is 18.4 Å². The van der Waals surface area contributed by atoms with E-state index in [0.717, 1.165) is 31.6 Å².